The molecule has 2 aromatic rings. The van der Waals surface area contributed by atoms with Crippen LogP contribution in [0.4, 0.5) is 0 Å². The van der Waals surface area contributed by atoms with Crippen molar-refractivity contribution >= 4 is 11.8 Å². The summed E-state index contributed by atoms with van der Waals surface area (Å²) < 4.78 is 12.1. The topological polar surface area (TPSA) is 98.7 Å². The Kier molecular flexibility index (Phi) is 9.46. The monoisotopic (exact) mass is 443 g/mol. The molecule has 1 atom stereocenters. The maximum atomic E-state index is 13.0. The second-order valence-corrected chi connectivity index (χ2v) is 8.17. The molecule has 2 N–H and O–H groups in total. The van der Waals surface area contributed by atoms with E-state index in [9.17, 15) is 14.4 Å². The first-order valence-corrected chi connectivity index (χ1v) is 10.7. The van der Waals surface area contributed by atoms with Crippen molar-refractivity contribution in [2.75, 3.05) is 27.4 Å². The number of hydrogen-bond acceptors (Lipinski definition) is 5. The summed E-state index contributed by atoms with van der Waals surface area (Å²) in [6, 6.07) is 7.16. The molecule has 0 aliphatic rings. The summed E-state index contributed by atoms with van der Waals surface area (Å²) >= 11 is 0. The van der Waals surface area contributed by atoms with E-state index in [0.29, 0.717) is 31.4 Å². The largest absolute Gasteiger partial charge is 0.496 e. The van der Waals surface area contributed by atoms with Gasteiger partial charge in [-0.3, -0.25) is 14.4 Å². The molecule has 0 saturated heterocycles. The fourth-order valence-electron chi connectivity index (χ4n) is 3.24. The van der Waals surface area contributed by atoms with Crippen LogP contribution in [0.25, 0.3) is 0 Å². The van der Waals surface area contributed by atoms with E-state index in [1.807, 2.05) is 24.3 Å². The van der Waals surface area contributed by atoms with Crippen molar-refractivity contribution in [3.63, 3.8) is 0 Å². The summed E-state index contributed by atoms with van der Waals surface area (Å²) in [5, 5.41) is 5.53. The molecule has 0 aliphatic heterocycles. The Labute approximate surface area is 188 Å². The van der Waals surface area contributed by atoms with Gasteiger partial charge in [0.05, 0.1) is 20.3 Å². The van der Waals surface area contributed by atoms with Gasteiger partial charge in [-0.15, -0.1) is 0 Å². The van der Waals surface area contributed by atoms with Gasteiger partial charge in [0.1, 0.15) is 16.9 Å². The van der Waals surface area contributed by atoms with Crippen molar-refractivity contribution < 1.29 is 19.1 Å². The molecule has 1 heterocycles. The van der Waals surface area contributed by atoms with Crippen LogP contribution in [0.5, 0.6) is 5.75 Å². The lowest BCUT2D eigenvalue weighted by atomic mass is 10.1. The zero-order valence-corrected chi connectivity index (χ0v) is 19.4. The highest BCUT2D eigenvalue weighted by atomic mass is 16.5. The van der Waals surface area contributed by atoms with Gasteiger partial charge in [0, 0.05) is 37.7 Å². The molecule has 0 spiro atoms. The van der Waals surface area contributed by atoms with Crippen LogP contribution in [0.3, 0.4) is 0 Å². The van der Waals surface area contributed by atoms with E-state index >= 15 is 0 Å². The molecule has 0 bridgehead atoms. The highest BCUT2D eigenvalue weighted by Crippen LogP contribution is 2.18. The predicted molar refractivity (Wildman–Crippen MR) is 123 cm³/mol. The number of para-hydroxylation sites is 1. The van der Waals surface area contributed by atoms with Crippen molar-refractivity contribution in [3.05, 3.63) is 63.6 Å². The highest BCUT2D eigenvalue weighted by molar-refractivity contribution is 5.99. The first kappa shape index (κ1) is 25.1. The number of carbonyl (C=O) groups is 2. The van der Waals surface area contributed by atoms with Gasteiger partial charge in [-0.25, -0.2) is 0 Å². The van der Waals surface area contributed by atoms with Crippen LogP contribution >= 0.6 is 0 Å². The Morgan fingerprint density at radius 3 is 2.31 bits per heavy atom. The first-order chi connectivity index (χ1) is 15.3. The predicted octanol–water partition coefficient (Wildman–Crippen LogP) is 2.45. The Morgan fingerprint density at radius 1 is 1.03 bits per heavy atom. The van der Waals surface area contributed by atoms with Crippen LogP contribution in [0.2, 0.25) is 0 Å². The standard InChI is InChI=1S/C24H33N3O5/c1-16(2)10-11-25-23(29)19-13-27(12-18-8-6-7-9-21(18)32-5)14-20(22(19)28)24(30)26-17(3)15-31-4/h6-9,13-14,16-17H,10-12,15H2,1-5H3,(H,25,29)(H,26,30). The molecule has 8 nitrogen and oxygen atoms in total. The maximum absolute atomic E-state index is 13.0. The molecular weight excluding hydrogens is 410 g/mol. The quantitative estimate of drug-likeness (QED) is 0.556. The van der Waals surface area contributed by atoms with Gasteiger partial charge >= 0.3 is 0 Å². The second kappa shape index (κ2) is 12.0. The Hall–Kier alpha value is -3.13. The van der Waals surface area contributed by atoms with Crippen molar-refractivity contribution in [1.82, 2.24) is 15.2 Å². The highest BCUT2D eigenvalue weighted by Gasteiger charge is 2.21. The first-order valence-electron chi connectivity index (χ1n) is 10.7. The van der Waals surface area contributed by atoms with Crippen LogP contribution in [-0.2, 0) is 11.3 Å². The molecule has 1 unspecified atom stereocenters. The number of carbonyl (C=O) groups excluding carboxylic acids is 2. The minimum Gasteiger partial charge on any atom is -0.496 e. The molecule has 0 fully saturated rings. The Morgan fingerprint density at radius 2 is 1.69 bits per heavy atom. The lowest BCUT2D eigenvalue weighted by Gasteiger charge is -2.16. The fraction of sp³-hybridized carbons (Fsp3) is 0.458. The summed E-state index contributed by atoms with van der Waals surface area (Å²) in [4.78, 5) is 38.6. The normalized spacial score (nSPS) is 11.8. The van der Waals surface area contributed by atoms with Crippen molar-refractivity contribution in [3.8, 4) is 5.75 Å². The molecule has 0 radical (unpaired) electrons. The summed E-state index contributed by atoms with van der Waals surface area (Å²) in [6.45, 7) is 6.96. The minimum absolute atomic E-state index is 0.0734. The van der Waals surface area contributed by atoms with E-state index in [1.54, 1.807) is 18.6 Å². The lowest BCUT2D eigenvalue weighted by molar-refractivity contribution is 0.0903. The number of methoxy groups -OCH3 is 2. The average molecular weight is 444 g/mol. The molecule has 0 aliphatic carbocycles. The molecule has 2 rings (SSSR count). The van der Waals surface area contributed by atoms with Gasteiger partial charge in [-0.05, 0) is 25.3 Å². The number of hydrogen-bond donors (Lipinski definition) is 2. The number of nitrogens with zero attached hydrogens (tertiary/aromatic N) is 1. The van der Waals surface area contributed by atoms with Gasteiger partial charge in [-0.1, -0.05) is 32.0 Å². The third kappa shape index (κ3) is 6.95. The molecule has 32 heavy (non-hydrogen) atoms. The van der Waals surface area contributed by atoms with Gasteiger partial charge < -0.3 is 24.7 Å². The van der Waals surface area contributed by atoms with Crippen LogP contribution in [0, 0.1) is 5.92 Å². The van der Waals surface area contributed by atoms with Gasteiger partial charge in [0.2, 0.25) is 5.43 Å². The number of aromatic nitrogens is 1. The van der Waals surface area contributed by atoms with Crippen molar-refractivity contribution in [2.45, 2.75) is 39.8 Å². The number of nitrogens with one attached hydrogen (secondary N) is 2. The Bertz CT molecular complexity index is 984. The number of rotatable bonds is 11. The van der Waals surface area contributed by atoms with Gasteiger partial charge in [0.15, 0.2) is 0 Å². The Balaban J connectivity index is 2.43. The number of pyridine rings is 1. The summed E-state index contributed by atoms with van der Waals surface area (Å²) in [6.07, 6.45) is 3.74. The van der Waals surface area contributed by atoms with E-state index in [0.717, 1.165) is 12.0 Å². The SMILES string of the molecule is COCC(C)NC(=O)c1cn(Cc2ccccc2OC)cc(C(=O)NCCC(C)C)c1=O. The fourth-order valence-corrected chi connectivity index (χ4v) is 3.24. The molecule has 1 aromatic carbocycles. The average Bonchev–Trinajstić information content (AvgIpc) is 2.74. The summed E-state index contributed by atoms with van der Waals surface area (Å²) in [5.74, 6) is 0.0416. The molecule has 8 heteroatoms. The van der Waals surface area contributed by atoms with E-state index < -0.39 is 17.2 Å². The number of ether oxygens (including phenoxy) is 2. The van der Waals surface area contributed by atoms with E-state index in [1.165, 1.54) is 19.5 Å². The minimum atomic E-state index is -0.606. The molecule has 0 saturated carbocycles. The number of benzene rings is 1. The lowest BCUT2D eigenvalue weighted by Crippen LogP contribution is -2.40. The zero-order valence-electron chi connectivity index (χ0n) is 19.4. The van der Waals surface area contributed by atoms with Crippen LogP contribution in [0.1, 0.15) is 53.5 Å². The van der Waals surface area contributed by atoms with Crippen molar-refractivity contribution in [2.24, 2.45) is 5.92 Å². The molecule has 174 valence electrons. The summed E-state index contributed by atoms with van der Waals surface area (Å²) in [7, 11) is 3.11. The van der Waals surface area contributed by atoms with E-state index in [-0.39, 0.29) is 17.2 Å². The van der Waals surface area contributed by atoms with E-state index in [2.05, 4.69) is 24.5 Å². The molecule has 1 aromatic heterocycles. The molecule has 2 amide bonds. The van der Waals surface area contributed by atoms with E-state index in [4.69, 9.17) is 9.47 Å². The van der Waals surface area contributed by atoms with Crippen LogP contribution in [-0.4, -0.2) is 49.8 Å². The number of amides is 2. The zero-order chi connectivity index (χ0) is 23.7. The maximum Gasteiger partial charge on any atom is 0.257 e. The van der Waals surface area contributed by atoms with Crippen LogP contribution in [0.15, 0.2) is 41.5 Å². The second-order valence-electron chi connectivity index (χ2n) is 8.17. The van der Waals surface area contributed by atoms with Crippen molar-refractivity contribution in [1.29, 1.82) is 0 Å². The van der Waals surface area contributed by atoms with Crippen LogP contribution < -0.4 is 20.8 Å². The third-order valence-corrected chi connectivity index (χ3v) is 4.92. The smallest absolute Gasteiger partial charge is 0.257 e. The third-order valence-electron chi connectivity index (χ3n) is 4.92. The van der Waals surface area contributed by atoms with Gasteiger partial charge in [0.25, 0.3) is 11.8 Å². The van der Waals surface area contributed by atoms with Gasteiger partial charge in [-0.2, -0.15) is 0 Å². The summed E-state index contributed by atoms with van der Waals surface area (Å²) in [5.41, 5.74) is 0.0735. The molecular formula is C24H33N3O5.